The predicted octanol–water partition coefficient (Wildman–Crippen LogP) is 4.57. The first kappa shape index (κ1) is 18.8. The Hall–Kier alpha value is -2.50. The lowest BCUT2D eigenvalue weighted by Crippen LogP contribution is -2.51. The highest BCUT2D eigenvalue weighted by Gasteiger charge is 2.22. The van der Waals surface area contributed by atoms with E-state index < -0.39 is 0 Å². The van der Waals surface area contributed by atoms with E-state index in [1.165, 1.54) is 0 Å². The zero-order valence-corrected chi connectivity index (χ0v) is 16.7. The zero-order valence-electron chi connectivity index (χ0n) is 15.2. The van der Waals surface area contributed by atoms with E-state index in [0.29, 0.717) is 29.7 Å². The van der Waals surface area contributed by atoms with Crippen molar-refractivity contribution in [2.45, 2.75) is 6.54 Å². The third-order valence-corrected chi connectivity index (χ3v) is 5.58. The van der Waals surface area contributed by atoms with Gasteiger partial charge in [0.05, 0.1) is 5.52 Å². The molecule has 0 saturated carbocycles. The van der Waals surface area contributed by atoms with Gasteiger partial charge in [0.25, 0.3) is 0 Å². The van der Waals surface area contributed by atoms with Crippen LogP contribution in [0.3, 0.4) is 0 Å². The average Bonchev–Trinajstić information content (AvgIpc) is 2.72. The number of carbonyl (C=O) groups is 1. The summed E-state index contributed by atoms with van der Waals surface area (Å²) in [6, 6.07) is 15.3. The number of rotatable bonds is 3. The first-order valence-corrected chi connectivity index (χ1v) is 9.93. The Labute approximate surface area is 173 Å². The number of carbonyl (C=O) groups excluding carboxylic acids is 1. The Morgan fingerprint density at radius 1 is 1.04 bits per heavy atom. The summed E-state index contributed by atoms with van der Waals surface area (Å²) in [5.74, 6) is 0. The molecule has 7 heteroatoms. The third-order valence-electron chi connectivity index (χ3n) is 4.98. The molecular weight excluding hydrogens is 395 g/mol. The molecule has 1 N–H and O–H groups in total. The van der Waals surface area contributed by atoms with Crippen LogP contribution in [0.4, 0.5) is 10.5 Å². The van der Waals surface area contributed by atoms with E-state index in [0.717, 1.165) is 35.2 Å². The summed E-state index contributed by atoms with van der Waals surface area (Å²) in [6.07, 6.45) is 1.80. The van der Waals surface area contributed by atoms with Gasteiger partial charge < -0.3 is 15.1 Å². The molecule has 0 spiro atoms. The van der Waals surface area contributed by atoms with Crippen molar-refractivity contribution in [1.82, 2.24) is 15.2 Å². The molecule has 0 bridgehead atoms. The Morgan fingerprint density at radius 2 is 1.82 bits per heavy atom. The highest BCUT2D eigenvalue weighted by molar-refractivity contribution is 6.31. The molecule has 4 rings (SSSR count). The largest absolute Gasteiger partial charge is 0.367 e. The van der Waals surface area contributed by atoms with Crippen LogP contribution in [-0.4, -0.2) is 42.1 Å². The maximum absolute atomic E-state index is 12.5. The fourth-order valence-electron chi connectivity index (χ4n) is 3.46. The lowest BCUT2D eigenvalue weighted by molar-refractivity contribution is 0.194. The van der Waals surface area contributed by atoms with Crippen molar-refractivity contribution < 1.29 is 4.79 Å². The molecule has 0 radical (unpaired) electrons. The topological polar surface area (TPSA) is 48.5 Å². The molecule has 2 heterocycles. The van der Waals surface area contributed by atoms with Gasteiger partial charge in [-0.25, -0.2) is 4.79 Å². The lowest BCUT2D eigenvalue weighted by Gasteiger charge is -2.36. The molecule has 1 fully saturated rings. The van der Waals surface area contributed by atoms with Gasteiger partial charge in [0.1, 0.15) is 0 Å². The van der Waals surface area contributed by atoms with E-state index in [9.17, 15) is 4.79 Å². The van der Waals surface area contributed by atoms with Gasteiger partial charge in [0, 0.05) is 60.0 Å². The number of piperazine rings is 1. The lowest BCUT2D eigenvalue weighted by atomic mass is 10.1. The quantitative estimate of drug-likeness (QED) is 0.682. The van der Waals surface area contributed by atoms with Gasteiger partial charge >= 0.3 is 6.03 Å². The summed E-state index contributed by atoms with van der Waals surface area (Å²) < 4.78 is 0. The normalized spacial score (nSPS) is 14.4. The molecule has 0 aliphatic carbocycles. The summed E-state index contributed by atoms with van der Waals surface area (Å²) in [5, 5.41) is 5.37. The Kier molecular flexibility index (Phi) is 5.55. The van der Waals surface area contributed by atoms with Gasteiger partial charge in [-0.3, -0.25) is 4.98 Å². The molecule has 0 atom stereocenters. The van der Waals surface area contributed by atoms with Crippen molar-refractivity contribution in [3.8, 4) is 0 Å². The number of fused-ring (bicyclic) bond motifs is 1. The Morgan fingerprint density at radius 3 is 2.61 bits per heavy atom. The summed E-state index contributed by atoms with van der Waals surface area (Å²) in [4.78, 5) is 21.0. The van der Waals surface area contributed by atoms with Crippen molar-refractivity contribution in [3.05, 3.63) is 70.3 Å². The minimum absolute atomic E-state index is 0.0639. The van der Waals surface area contributed by atoms with Crippen LogP contribution < -0.4 is 10.2 Å². The SMILES string of the molecule is O=C(NCc1ccccc1Cl)N1CCN(c2ccnc3cc(Cl)ccc23)CC1. The van der Waals surface area contributed by atoms with Crippen LogP contribution in [0.2, 0.25) is 10.0 Å². The number of nitrogens with zero attached hydrogens (tertiary/aromatic N) is 3. The van der Waals surface area contributed by atoms with Crippen LogP contribution >= 0.6 is 23.2 Å². The molecule has 1 aliphatic heterocycles. The highest BCUT2D eigenvalue weighted by Crippen LogP contribution is 2.28. The van der Waals surface area contributed by atoms with Crippen LogP contribution in [-0.2, 0) is 6.54 Å². The van der Waals surface area contributed by atoms with Crippen LogP contribution in [0.1, 0.15) is 5.56 Å². The molecular formula is C21H20Cl2N4O. The third kappa shape index (κ3) is 4.01. The van der Waals surface area contributed by atoms with Gasteiger partial charge in [-0.2, -0.15) is 0 Å². The van der Waals surface area contributed by atoms with E-state index in [2.05, 4.69) is 15.2 Å². The van der Waals surface area contributed by atoms with Crippen LogP contribution in [0.25, 0.3) is 10.9 Å². The van der Waals surface area contributed by atoms with Gasteiger partial charge in [-0.05, 0) is 35.9 Å². The second-order valence-corrected chi connectivity index (χ2v) is 7.56. The van der Waals surface area contributed by atoms with E-state index in [4.69, 9.17) is 23.2 Å². The van der Waals surface area contributed by atoms with Crippen molar-refractivity contribution >= 4 is 45.8 Å². The van der Waals surface area contributed by atoms with Crippen molar-refractivity contribution in [1.29, 1.82) is 0 Å². The molecule has 144 valence electrons. The molecule has 28 heavy (non-hydrogen) atoms. The fourth-order valence-corrected chi connectivity index (χ4v) is 3.83. The van der Waals surface area contributed by atoms with Gasteiger partial charge in [-0.15, -0.1) is 0 Å². The summed E-state index contributed by atoms with van der Waals surface area (Å²) >= 11 is 12.2. The minimum Gasteiger partial charge on any atom is -0.367 e. The average molecular weight is 415 g/mol. The number of pyridine rings is 1. The van der Waals surface area contributed by atoms with E-state index >= 15 is 0 Å². The van der Waals surface area contributed by atoms with E-state index in [-0.39, 0.29) is 6.03 Å². The smallest absolute Gasteiger partial charge is 0.317 e. The molecule has 1 aliphatic rings. The predicted molar refractivity (Wildman–Crippen MR) is 114 cm³/mol. The minimum atomic E-state index is -0.0639. The molecule has 1 aromatic heterocycles. The fraction of sp³-hybridized carbons (Fsp3) is 0.238. The highest BCUT2D eigenvalue weighted by atomic mass is 35.5. The number of urea groups is 1. The Bertz CT molecular complexity index is 1000. The first-order valence-electron chi connectivity index (χ1n) is 9.17. The maximum Gasteiger partial charge on any atom is 0.317 e. The standard InChI is InChI=1S/C21H20Cl2N4O/c22-16-5-6-17-19(13-16)24-8-7-20(17)26-9-11-27(12-10-26)21(28)25-14-15-3-1-2-4-18(15)23/h1-8,13H,9-12,14H2,(H,25,28). The number of hydrogen-bond acceptors (Lipinski definition) is 3. The zero-order chi connectivity index (χ0) is 19.5. The Balaban J connectivity index is 1.38. The molecule has 3 aromatic rings. The number of halogens is 2. The van der Waals surface area contributed by atoms with Gasteiger partial charge in [-0.1, -0.05) is 41.4 Å². The summed E-state index contributed by atoms with van der Waals surface area (Å²) in [6.45, 7) is 3.27. The maximum atomic E-state index is 12.5. The van der Waals surface area contributed by atoms with Crippen molar-refractivity contribution in [2.24, 2.45) is 0 Å². The summed E-state index contributed by atoms with van der Waals surface area (Å²) in [7, 11) is 0. The molecule has 2 amide bonds. The molecule has 1 saturated heterocycles. The molecule has 5 nitrogen and oxygen atoms in total. The van der Waals surface area contributed by atoms with Crippen molar-refractivity contribution in [2.75, 3.05) is 31.1 Å². The number of nitrogens with one attached hydrogen (secondary N) is 1. The van der Waals surface area contributed by atoms with Crippen molar-refractivity contribution in [3.63, 3.8) is 0 Å². The number of aromatic nitrogens is 1. The van der Waals surface area contributed by atoms with Gasteiger partial charge in [0.15, 0.2) is 0 Å². The second-order valence-electron chi connectivity index (χ2n) is 6.72. The van der Waals surface area contributed by atoms with Crippen LogP contribution in [0.5, 0.6) is 0 Å². The number of hydrogen-bond donors (Lipinski definition) is 1. The second kappa shape index (κ2) is 8.25. The van der Waals surface area contributed by atoms with Crippen LogP contribution in [0, 0.1) is 0 Å². The first-order chi connectivity index (χ1) is 13.6. The number of amides is 2. The summed E-state index contributed by atoms with van der Waals surface area (Å²) in [5.41, 5.74) is 2.92. The molecule has 0 unspecified atom stereocenters. The van der Waals surface area contributed by atoms with Gasteiger partial charge in [0.2, 0.25) is 0 Å². The monoisotopic (exact) mass is 414 g/mol. The number of benzene rings is 2. The van der Waals surface area contributed by atoms with E-state index in [1.807, 2.05) is 53.4 Å². The molecule has 2 aromatic carbocycles. The number of anilines is 1. The van der Waals surface area contributed by atoms with Crippen LogP contribution in [0.15, 0.2) is 54.7 Å². The van der Waals surface area contributed by atoms with E-state index in [1.54, 1.807) is 6.20 Å².